The number of halogens is 2. The third kappa shape index (κ3) is 3.79. The molecular weight excluding hydrogens is 292 g/mol. The molecule has 0 aliphatic heterocycles. The number of hydrogen-bond donors (Lipinski definition) is 2. The van der Waals surface area contributed by atoms with Crippen molar-refractivity contribution in [1.82, 2.24) is 5.32 Å². The maximum absolute atomic E-state index is 13.5. The van der Waals surface area contributed by atoms with Gasteiger partial charge in [-0.05, 0) is 18.2 Å². The third-order valence-electron chi connectivity index (χ3n) is 2.95. The highest BCUT2D eigenvalue weighted by Gasteiger charge is 2.17. The average molecular weight is 307 g/mol. The predicted molar refractivity (Wildman–Crippen MR) is 76.6 cm³/mol. The summed E-state index contributed by atoms with van der Waals surface area (Å²) in [6.07, 6.45) is 0. The molecule has 0 atom stereocenters. The summed E-state index contributed by atoms with van der Waals surface area (Å²) in [4.78, 5) is 11.9. The maximum atomic E-state index is 13.5. The highest BCUT2D eigenvalue weighted by molar-refractivity contribution is 5.94. The van der Waals surface area contributed by atoms with Crippen LogP contribution in [-0.2, 0) is 6.54 Å². The third-order valence-corrected chi connectivity index (χ3v) is 2.95. The number of para-hydroxylation sites is 1. The van der Waals surface area contributed by atoms with Crippen molar-refractivity contribution in [3.63, 3.8) is 0 Å². The first-order valence-corrected chi connectivity index (χ1v) is 6.67. The van der Waals surface area contributed by atoms with Gasteiger partial charge in [0.15, 0.2) is 0 Å². The van der Waals surface area contributed by atoms with Gasteiger partial charge in [0.1, 0.15) is 29.6 Å². The van der Waals surface area contributed by atoms with E-state index >= 15 is 0 Å². The molecule has 2 aromatic carbocycles. The zero-order chi connectivity index (χ0) is 15.9. The van der Waals surface area contributed by atoms with Crippen LogP contribution in [-0.4, -0.2) is 24.2 Å². The van der Waals surface area contributed by atoms with Crippen molar-refractivity contribution >= 4 is 5.91 Å². The van der Waals surface area contributed by atoms with Gasteiger partial charge in [0.05, 0.1) is 6.61 Å². The SMILES string of the molecule is O=C(NCc1ccccc1OCCO)c1c(F)cccc1F. The van der Waals surface area contributed by atoms with Crippen molar-refractivity contribution < 1.29 is 23.4 Å². The normalized spacial score (nSPS) is 10.3. The number of hydrogen-bond acceptors (Lipinski definition) is 3. The Morgan fingerprint density at radius 1 is 1.09 bits per heavy atom. The molecule has 0 saturated carbocycles. The number of rotatable bonds is 6. The number of carbonyl (C=O) groups excluding carboxylic acids is 1. The molecule has 2 rings (SSSR count). The molecule has 0 spiro atoms. The number of amides is 1. The van der Waals surface area contributed by atoms with Crippen LogP contribution >= 0.6 is 0 Å². The molecule has 6 heteroatoms. The number of carbonyl (C=O) groups is 1. The van der Waals surface area contributed by atoms with Gasteiger partial charge in [-0.1, -0.05) is 24.3 Å². The quantitative estimate of drug-likeness (QED) is 0.860. The topological polar surface area (TPSA) is 58.6 Å². The molecule has 116 valence electrons. The molecular formula is C16H15F2NO3. The fourth-order valence-electron chi connectivity index (χ4n) is 1.92. The first-order chi connectivity index (χ1) is 10.6. The summed E-state index contributed by atoms with van der Waals surface area (Å²) in [7, 11) is 0. The molecule has 1 amide bonds. The standard InChI is InChI=1S/C16H15F2NO3/c17-12-5-3-6-13(18)15(12)16(21)19-10-11-4-1-2-7-14(11)22-9-8-20/h1-7,20H,8-10H2,(H,19,21). The molecule has 0 bridgehead atoms. The van der Waals surface area contributed by atoms with E-state index < -0.39 is 23.1 Å². The molecule has 0 radical (unpaired) electrons. The summed E-state index contributed by atoms with van der Waals surface area (Å²) < 4.78 is 32.4. The average Bonchev–Trinajstić information content (AvgIpc) is 2.51. The molecule has 4 nitrogen and oxygen atoms in total. The Bertz CT molecular complexity index is 641. The van der Waals surface area contributed by atoms with Gasteiger partial charge in [-0.2, -0.15) is 0 Å². The van der Waals surface area contributed by atoms with Gasteiger partial charge >= 0.3 is 0 Å². The lowest BCUT2D eigenvalue weighted by atomic mass is 10.1. The second-order valence-electron chi connectivity index (χ2n) is 4.46. The zero-order valence-electron chi connectivity index (χ0n) is 11.7. The summed E-state index contributed by atoms with van der Waals surface area (Å²) in [5.74, 6) is -2.18. The van der Waals surface area contributed by atoms with Gasteiger partial charge in [-0.25, -0.2) is 8.78 Å². The lowest BCUT2D eigenvalue weighted by Crippen LogP contribution is -2.25. The van der Waals surface area contributed by atoms with Crippen LogP contribution < -0.4 is 10.1 Å². The van der Waals surface area contributed by atoms with Crippen molar-refractivity contribution in [1.29, 1.82) is 0 Å². The Hall–Kier alpha value is -2.47. The Morgan fingerprint density at radius 2 is 1.77 bits per heavy atom. The van der Waals surface area contributed by atoms with Crippen molar-refractivity contribution in [2.45, 2.75) is 6.54 Å². The fraction of sp³-hybridized carbons (Fsp3) is 0.188. The minimum Gasteiger partial charge on any atom is -0.491 e. The largest absolute Gasteiger partial charge is 0.491 e. The number of aliphatic hydroxyl groups is 1. The first-order valence-electron chi connectivity index (χ1n) is 6.67. The first kappa shape index (κ1) is 15.9. The van der Waals surface area contributed by atoms with Crippen LogP contribution in [0.3, 0.4) is 0 Å². The van der Waals surface area contributed by atoms with Crippen LogP contribution in [0.2, 0.25) is 0 Å². The van der Waals surface area contributed by atoms with E-state index in [4.69, 9.17) is 9.84 Å². The molecule has 0 aliphatic rings. The Balaban J connectivity index is 2.08. The Labute approximate surface area is 126 Å². The van der Waals surface area contributed by atoms with E-state index in [0.29, 0.717) is 11.3 Å². The van der Waals surface area contributed by atoms with Gasteiger partial charge in [-0.15, -0.1) is 0 Å². The lowest BCUT2D eigenvalue weighted by Gasteiger charge is -2.12. The van der Waals surface area contributed by atoms with Crippen molar-refractivity contribution in [3.8, 4) is 5.75 Å². The lowest BCUT2D eigenvalue weighted by molar-refractivity contribution is 0.0942. The number of ether oxygens (including phenoxy) is 1. The van der Waals surface area contributed by atoms with Gasteiger partial charge in [-0.3, -0.25) is 4.79 Å². The van der Waals surface area contributed by atoms with E-state index in [9.17, 15) is 13.6 Å². The van der Waals surface area contributed by atoms with Gasteiger partial charge in [0, 0.05) is 12.1 Å². The maximum Gasteiger partial charge on any atom is 0.257 e. The summed E-state index contributed by atoms with van der Waals surface area (Å²) in [6.45, 7) is 0.0300. The van der Waals surface area contributed by atoms with Crippen LogP contribution in [0.15, 0.2) is 42.5 Å². The summed E-state index contributed by atoms with van der Waals surface area (Å²) in [6, 6.07) is 10.1. The fourth-order valence-corrected chi connectivity index (χ4v) is 1.92. The minimum atomic E-state index is -0.915. The summed E-state index contributed by atoms with van der Waals surface area (Å²) in [5, 5.41) is 11.2. The Morgan fingerprint density at radius 3 is 2.45 bits per heavy atom. The second-order valence-corrected chi connectivity index (χ2v) is 4.46. The van der Waals surface area contributed by atoms with Gasteiger partial charge in [0.2, 0.25) is 0 Å². The van der Waals surface area contributed by atoms with E-state index in [1.54, 1.807) is 24.3 Å². The molecule has 0 aromatic heterocycles. The van der Waals surface area contributed by atoms with Crippen LogP contribution in [0, 0.1) is 11.6 Å². The molecule has 2 aromatic rings. The smallest absolute Gasteiger partial charge is 0.257 e. The van der Waals surface area contributed by atoms with Crippen molar-refractivity contribution in [2.24, 2.45) is 0 Å². The zero-order valence-corrected chi connectivity index (χ0v) is 11.7. The van der Waals surface area contributed by atoms with Crippen molar-refractivity contribution in [3.05, 3.63) is 65.2 Å². The monoisotopic (exact) mass is 307 g/mol. The highest BCUT2D eigenvalue weighted by Crippen LogP contribution is 2.18. The number of benzene rings is 2. The van der Waals surface area contributed by atoms with Crippen molar-refractivity contribution in [2.75, 3.05) is 13.2 Å². The molecule has 0 saturated heterocycles. The molecule has 0 unspecified atom stereocenters. The minimum absolute atomic E-state index is 0.0498. The highest BCUT2D eigenvalue weighted by atomic mass is 19.1. The molecule has 0 fully saturated rings. The van der Waals surface area contributed by atoms with E-state index in [1.807, 2.05) is 0 Å². The van der Waals surface area contributed by atoms with Gasteiger partial charge < -0.3 is 15.2 Å². The van der Waals surface area contributed by atoms with Crippen LogP contribution in [0.5, 0.6) is 5.75 Å². The molecule has 22 heavy (non-hydrogen) atoms. The molecule has 0 heterocycles. The summed E-state index contributed by atoms with van der Waals surface area (Å²) in [5.41, 5.74) is 0.0253. The van der Waals surface area contributed by atoms with Crippen LogP contribution in [0.1, 0.15) is 15.9 Å². The van der Waals surface area contributed by atoms with Crippen LogP contribution in [0.25, 0.3) is 0 Å². The second kappa shape index (κ2) is 7.51. The van der Waals surface area contributed by atoms with E-state index in [-0.39, 0.29) is 19.8 Å². The molecule has 2 N–H and O–H groups in total. The summed E-state index contributed by atoms with van der Waals surface area (Å²) >= 11 is 0. The molecule has 0 aliphatic carbocycles. The van der Waals surface area contributed by atoms with E-state index in [0.717, 1.165) is 12.1 Å². The van der Waals surface area contributed by atoms with E-state index in [1.165, 1.54) is 6.07 Å². The van der Waals surface area contributed by atoms with E-state index in [2.05, 4.69) is 5.32 Å². The predicted octanol–water partition coefficient (Wildman–Crippen LogP) is 2.27. The number of nitrogens with one attached hydrogen (secondary N) is 1. The number of aliphatic hydroxyl groups excluding tert-OH is 1. The van der Waals surface area contributed by atoms with Gasteiger partial charge in [0.25, 0.3) is 5.91 Å². The Kier molecular flexibility index (Phi) is 5.43. The van der Waals surface area contributed by atoms with Crippen LogP contribution in [0.4, 0.5) is 8.78 Å².